The molecule has 1 aliphatic rings. The van der Waals surface area contributed by atoms with Crippen molar-refractivity contribution in [2.75, 3.05) is 25.5 Å². The summed E-state index contributed by atoms with van der Waals surface area (Å²) in [6.07, 6.45) is 4.99. The van der Waals surface area contributed by atoms with E-state index >= 15 is 0 Å². The van der Waals surface area contributed by atoms with Crippen LogP contribution in [0.2, 0.25) is 0 Å². The Hall–Kier alpha value is -1.02. The van der Waals surface area contributed by atoms with Crippen LogP contribution in [0.25, 0.3) is 0 Å². The number of rotatable bonds is 3. The summed E-state index contributed by atoms with van der Waals surface area (Å²) in [5.74, 6) is 0.689. The summed E-state index contributed by atoms with van der Waals surface area (Å²) < 4.78 is 0. The van der Waals surface area contributed by atoms with E-state index in [-0.39, 0.29) is 0 Å². The number of nitrogens with two attached hydrogens (primary N) is 1. The van der Waals surface area contributed by atoms with E-state index in [0.717, 1.165) is 13.0 Å². The Balaban J connectivity index is 2.32. The predicted molar refractivity (Wildman–Crippen MR) is 70.1 cm³/mol. The molecule has 2 rings (SSSR count). The van der Waals surface area contributed by atoms with Crippen LogP contribution in [0, 0.1) is 0 Å². The van der Waals surface area contributed by atoms with Gasteiger partial charge < -0.3 is 10.6 Å². The molecule has 2 N–H and O–H groups in total. The van der Waals surface area contributed by atoms with E-state index in [1.54, 1.807) is 5.56 Å². The Morgan fingerprint density at radius 2 is 2.19 bits per heavy atom. The lowest BCUT2D eigenvalue weighted by Crippen LogP contribution is -2.16. The summed E-state index contributed by atoms with van der Waals surface area (Å²) in [5, 5.41) is 0. The maximum atomic E-state index is 5.70. The molecule has 0 aromatic heterocycles. The summed E-state index contributed by atoms with van der Waals surface area (Å²) in [4.78, 5) is 2.17. The molecule has 0 saturated carbocycles. The number of hydrogen-bond acceptors (Lipinski definition) is 2. The number of hydrogen-bond donors (Lipinski definition) is 1. The fourth-order valence-corrected chi connectivity index (χ4v) is 2.66. The summed E-state index contributed by atoms with van der Waals surface area (Å²) >= 11 is 0. The topological polar surface area (TPSA) is 29.3 Å². The first-order valence-corrected chi connectivity index (χ1v) is 6.22. The minimum absolute atomic E-state index is 0.689. The molecule has 0 radical (unpaired) electrons. The lowest BCUT2D eigenvalue weighted by Gasteiger charge is -2.27. The molecule has 0 saturated heterocycles. The molecule has 0 amide bonds. The fraction of sp³-hybridized carbons (Fsp3) is 0.571. The molecule has 0 spiro atoms. The molecule has 1 aromatic carbocycles. The van der Waals surface area contributed by atoms with Gasteiger partial charge in [-0.05, 0) is 61.4 Å². The highest BCUT2D eigenvalue weighted by Gasteiger charge is 2.19. The van der Waals surface area contributed by atoms with Crippen LogP contribution in [-0.4, -0.2) is 20.6 Å². The average Bonchev–Trinajstić information content (AvgIpc) is 2.29. The van der Waals surface area contributed by atoms with E-state index < -0.39 is 0 Å². The van der Waals surface area contributed by atoms with Crippen molar-refractivity contribution in [2.24, 2.45) is 5.73 Å². The largest absolute Gasteiger partial charge is 0.378 e. The van der Waals surface area contributed by atoms with Crippen LogP contribution in [0.3, 0.4) is 0 Å². The second-order valence-electron chi connectivity index (χ2n) is 4.94. The molecule has 2 nitrogen and oxygen atoms in total. The lowest BCUT2D eigenvalue weighted by atomic mass is 9.81. The van der Waals surface area contributed by atoms with Gasteiger partial charge in [-0.1, -0.05) is 6.07 Å². The standard InChI is InChI=1S/C14H22N2/c1-16(2)13-7-6-11-4-3-5-12(8-9-15)14(11)10-13/h6-7,10,12H,3-5,8-9,15H2,1-2H3. The highest BCUT2D eigenvalue weighted by molar-refractivity contribution is 5.51. The van der Waals surface area contributed by atoms with Crippen LogP contribution in [0.5, 0.6) is 0 Å². The number of benzene rings is 1. The molecular formula is C14H22N2. The zero-order chi connectivity index (χ0) is 11.5. The first kappa shape index (κ1) is 11.5. The maximum Gasteiger partial charge on any atom is 0.0364 e. The second-order valence-corrected chi connectivity index (χ2v) is 4.94. The fourth-order valence-electron chi connectivity index (χ4n) is 2.66. The normalized spacial score (nSPS) is 19.3. The Labute approximate surface area is 98.4 Å². The molecule has 1 atom stereocenters. The average molecular weight is 218 g/mol. The second kappa shape index (κ2) is 4.88. The maximum absolute atomic E-state index is 5.70. The lowest BCUT2D eigenvalue weighted by molar-refractivity contribution is 0.526. The zero-order valence-corrected chi connectivity index (χ0v) is 10.4. The number of fused-ring (bicyclic) bond motifs is 1. The highest BCUT2D eigenvalue weighted by atomic mass is 15.1. The molecule has 88 valence electrons. The first-order valence-electron chi connectivity index (χ1n) is 6.22. The molecule has 0 aliphatic heterocycles. The van der Waals surface area contributed by atoms with Gasteiger partial charge in [0.05, 0.1) is 0 Å². The summed E-state index contributed by atoms with van der Waals surface area (Å²) in [7, 11) is 4.20. The van der Waals surface area contributed by atoms with Gasteiger partial charge in [0.1, 0.15) is 0 Å². The summed E-state index contributed by atoms with van der Waals surface area (Å²) in [6, 6.07) is 6.88. The monoisotopic (exact) mass is 218 g/mol. The predicted octanol–water partition coefficient (Wildman–Crippen LogP) is 2.52. The van der Waals surface area contributed by atoms with Crippen molar-refractivity contribution < 1.29 is 0 Å². The minimum Gasteiger partial charge on any atom is -0.378 e. The SMILES string of the molecule is CN(C)c1ccc2c(c1)C(CCN)CCC2. The Bertz CT molecular complexity index is 358. The van der Waals surface area contributed by atoms with Gasteiger partial charge >= 0.3 is 0 Å². The number of nitrogens with zero attached hydrogens (tertiary/aromatic N) is 1. The van der Waals surface area contributed by atoms with E-state index in [4.69, 9.17) is 5.73 Å². The van der Waals surface area contributed by atoms with Crippen LogP contribution in [-0.2, 0) is 6.42 Å². The molecule has 0 bridgehead atoms. The molecule has 16 heavy (non-hydrogen) atoms. The molecule has 1 unspecified atom stereocenters. The third kappa shape index (κ3) is 2.22. The molecule has 1 aliphatic carbocycles. The number of anilines is 1. The van der Waals surface area contributed by atoms with Crippen molar-refractivity contribution in [3.8, 4) is 0 Å². The molecule has 0 fully saturated rings. The van der Waals surface area contributed by atoms with Gasteiger partial charge in [-0.15, -0.1) is 0 Å². The van der Waals surface area contributed by atoms with Gasteiger partial charge in [-0.3, -0.25) is 0 Å². The minimum atomic E-state index is 0.689. The van der Waals surface area contributed by atoms with Gasteiger partial charge in [0.15, 0.2) is 0 Å². The van der Waals surface area contributed by atoms with E-state index in [0.29, 0.717) is 5.92 Å². The van der Waals surface area contributed by atoms with Crippen molar-refractivity contribution >= 4 is 5.69 Å². The third-order valence-corrected chi connectivity index (χ3v) is 3.60. The zero-order valence-electron chi connectivity index (χ0n) is 10.4. The van der Waals surface area contributed by atoms with Crippen molar-refractivity contribution in [3.05, 3.63) is 29.3 Å². The highest BCUT2D eigenvalue weighted by Crippen LogP contribution is 2.35. The van der Waals surface area contributed by atoms with Gasteiger partial charge in [-0.2, -0.15) is 0 Å². The van der Waals surface area contributed by atoms with Crippen LogP contribution < -0.4 is 10.6 Å². The van der Waals surface area contributed by atoms with Crippen LogP contribution in [0.15, 0.2) is 18.2 Å². The molecular weight excluding hydrogens is 196 g/mol. The Kier molecular flexibility index (Phi) is 3.49. The van der Waals surface area contributed by atoms with Crippen molar-refractivity contribution in [3.63, 3.8) is 0 Å². The van der Waals surface area contributed by atoms with Gasteiger partial charge in [0.25, 0.3) is 0 Å². The van der Waals surface area contributed by atoms with E-state index in [1.807, 2.05) is 0 Å². The summed E-state index contributed by atoms with van der Waals surface area (Å²) in [5.41, 5.74) is 10.1. The van der Waals surface area contributed by atoms with Gasteiger partial charge in [-0.25, -0.2) is 0 Å². The molecule has 0 heterocycles. The van der Waals surface area contributed by atoms with Gasteiger partial charge in [0, 0.05) is 19.8 Å². The molecule has 2 heteroatoms. The Morgan fingerprint density at radius 3 is 2.88 bits per heavy atom. The van der Waals surface area contributed by atoms with E-state index in [9.17, 15) is 0 Å². The van der Waals surface area contributed by atoms with Gasteiger partial charge in [0.2, 0.25) is 0 Å². The van der Waals surface area contributed by atoms with Crippen molar-refractivity contribution in [1.82, 2.24) is 0 Å². The summed E-state index contributed by atoms with van der Waals surface area (Å²) in [6.45, 7) is 0.802. The van der Waals surface area contributed by atoms with Crippen LogP contribution in [0.1, 0.15) is 36.3 Å². The number of aryl methyl sites for hydroxylation is 1. The quantitative estimate of drug-likeness (QED) is 0.844. The molecule has 1 aromatic rings. The Morgan fingerprint density at radius 1 is 1.38 bits per heavy atom. The first-order chi connectivity index (χ1) is 7.72. The van der Waals surface area contributed by atoms with E-state index in [2.05, 4.69) is 37.2 Å². The third-order valence-electron chi connectivity index (χ3n) is 3.60. The van der Waals surface area contributed by atoms with Crippen molar-refractivity contribution in [1.29, 1.82) is 0 Å². The smallest absolute Gasteiger partial charge is 0.0364 e. The van der Waals surface area contributed by atoms with E-state index in [1.165, 1.54) is 30.5 Å². The van der Waals surface area contributed by atoms with Crippen LogP contribution in [0.4, 0.5) is 5.69 Å². The van der Waals surface area contributed by atoms with Crippen LogP contribution >= 0.6 is 0 Å². The van der Waals surface area contributed by atoms with Crippen molar-refractivity contribution in [2.45, 2.75) is 31.6 Å².